The lowest BCUT2D eigenvalue weighted by molar-refractivity contribution is 0.402. The molecule has 1 N–H and O–H groups in total. The summed E-state index contributed by atoms with van der Waals surface area (Å²) in [4.78, 5) is 7.14. The molecule has 0 unspecified atom stereocenters. The topological polar surface area (TPSA) is 37.9 Å². The van der Waals surface area contributed by atoms with Crippen LogP contribution in [0.1, 0.15) is 0 Å². The Morgan fingerprint density at radius 2 is 2.42 bits per heavy atom. The van der Waals surface area contributed by atoms with E-state index in [2.05, 4.69) is 25.9 Å². The molecule has 12 heavy (non-hydrogen) atoms. The first-order valence-electron chi connectivity index (χ1n) is 3.48. The number of aromatic nitrogens is 2. The number of fused-ring (bicyclic) bond motifs is 1. The smallest absolute Gasteiger partial charge is 0.238 e. The predicted octanol–water partition coefficient (Wildman–Crippen LogP) is 2.33. The molecular weight excluding hydrogens is 220 g/mol. The maximum Gasteiger partial charge on any atom is 0.238 e. The fourth-order valence-electron chi connectivity index (χ4n) is 1.15. The molecule has 0 aliphatic rings. The van der Waals surface area contributed by atoms with E-state index in [1.54, 1.807) is 13.3 Å². The highest BCUT2D eigenvalue weighted by atomic mass is 79.9. The lowest BCUT2D eigenvalue weighted by atomic mass is 10.3. The number of hydrogen-bond donors (Lipinski definition) is 1. The van der Waals surface area contributed by atoms with Gasteiger partial charge in [-0.05, 0) is 22.0 Å². The molecule has 0 atom stereocenters. The predicted molar refractivity (Wildman–Crippen MR) is 50.3 cm³/mol. The van der Waals surface area contributed by atoms with Crippen molar-refractivity contribution in [1.29, 1.82) is 0 Å². The SMILES string of the molecule is COc1nccc2c(Br)c[nH]c12. The zero-order valence-corrected chi connectivity index (χ0v) is 8.05. The van der Waals surface area contributed by atoms with Gasteiger partial charge in [0.2, 0.25) is 5.88 Å². The van der Waals surface area contributed by atoms with Gasteiger partial charge in [0.15, 0.2) is 0 Å². The summed E-state index contributed by atoms with van der Waals surface area (Å²) in [5, 5.41) is 1.09. The van der Waals surface area contributed by atoms with Crippen LogP contribution in [-0.2, 0) is 0 Å². The van der Waals surface area contributed by atoms with Gasteiger partial charge in [-0.1, -0.05) is 0 Å². The zero-order chi connectivity index (χ0) is 8.55. The Bertz CT molecular complexity index is 410. The average Bonchev–Trinajstić information content (AvgIpc) is 2.48. The third-order valence-electron chi connectivity index (χ3n) is 1.71. The number of aromatic amines is 1. The van der Waals surface area contributed by atoms with Crippen LogP contribution in [0.3, 0.4) is 0 Å². The summed E-state index contributed by atoms with van der Waals surface area (Å²) in [6.45, 7) is 0. The molecule has 2 rings (SSSR count). The molecule has 2 aromatic rings. The van der Waals surface area contributed by atoms with Crippen LogP contribution in [0.25, 0.3) is 10.9 Å². The Labute approximate surface area is 77.9 Å². The second kappa shape index (κ2) is 2.79. The molecule has 0 saturated carbocycles. The molecule has 0 aromatic carbocycles. The quantitative estimate of drug-likeness (QED) is 0.811. The van der Waals surface area contributed by atoms with E-state index >= 15 is 0 Å². The number of nitrogens with zero attached hydrogens (tertiary/aromatic N) is 1. The summed E-state index contributed by atoms with van der Waals surface area (Å²) in [5.41, 5.74) is 0.923. The minimum absolute atomic E-state index is 0.623. The summed E-state index contributed by atoms with van der Waals surface area (Å²) in [7, 11) is 1.61. The van der Waals surface area contributed by atoms with Crippen LogP contribution in [0.2, 0.25) is 0 Å². The second-order valence-electron chi connectivity index (χ2n) is 2.38. The van der Waals surface area contributed by atoms with E-state index < -0.39 is 0 Å². The van der Waals surface area contributed by atoms with Crippen molar-refractivity contribution >= 4 is 26.8 Å². The van der Waals surface area contributed by atoms with Crippen molar-refractivity contribution in [3.63, 3.8) is 0 Å². The van der Waals surface area contributed by atoms with Crippen molar-refractivity contribution in [1.82, 2.24) is 9.97 Å². The fourth-order valence-corrected chi connectivity index (χ4v) is 1.59. The molecule has 2 heterocycles. The van der Waals surface area contributed by atoms with E-state index in [9.17, 15) is 0 Å². The van der Waals surface area contributed by atoms with Crippen LogP contribution in [0.15, 0.2) is 22.9 Å². The van der Waals surface area contributed by atoms with Gasteiger partial charge in [0.25, 0.3) is 0 Å². The number of methoxy groups -OCH3 is 1. The molecular formula is C8H7BrN2O. The lowest BCUT2D eigenvalue weighted by Crippen LogP contribution is -1.87. The van der Waals surface area contributed by atoms with Crippen LogP contribution in [0.5, 0.6) is 5.88 Å². The third-order valence-corrected chi connectivity index (χ3v) is 2.37. The van der Waals surface area contributed by atoms with Gasteiger partial charge in [0.05, 0.1) is 7.11 Å². The van der Waals surface area contributed by atoms with Gasteiger partial charge in [0.1, 0.15) is 5.52 Å². The van der Waals surface area contributed by atoms with Crippen LogP contribution < -0.4 is 4.74 Å². The first-order valence-corrected chi connectivity index (χ1v) is 4.28. The van der Waals surface area contributed by atoms with Crippen LogP contribution in [0.4, 0.5) is 0 Å². The normalized spacial score (nSPS) is 10.5. The highest BCUT2D eigenvalue weighted by Gasteiger charge is 2.05. The molecule has 0 fully saturated rings. The van der Waals surface area contributed by atoms with Gasteiger partial charge in [-0.3, -0.25) is 0 Å². The summed E-state index contributed by atoms with van der Waals surface area (Å²) >= 11 is 3.42. The molecule has 0 saturated heterocycles. The van der Waals surface area contributed by atoms with Crippen LogP contribution in [0, 0.1) is 0 Å². The van der Waals surface area contributed by atoms with Gasteiger partial charge < -0.3 is 9.72 Å². The number of rotatable bonds is 1. The fraction of sp³-hybridized carbons (Fsp3) is 0.125. The van der Waals surface area contributed by atoms with Crippen molar-refractivity contribution in [3.05, 3.63) is 22.9 Å². The molecule has 0 aliphatic carbocycles. The van der Waals surface area contributed by atoms with Crippen molar-refractivity contribution in [2.75, 3.05) is 7.11 Å². The Morgan fingerprint density at radius 3 is 3.17 bits per heavy atom. The monoisotopic (exact) mass is 226 g/mol. The van der Waals surface area contributed by atoms with E-state index in [0.29, 0.717) is 5.88 Å². The van der Waals surface area contributed by atoms with E-state index in [0.717, 1.165) is 15.4 Å². The van der Waals surface area contributed by atoms with Gasteiger partial charge in [-0.15, -0.1) is 0 Å². The molecule has 3 nitrogen and oxygen atoms in total. The van der Waals surface area contributed by atoms with Crippen molar-refractivity contribution in [2.24, 2.45) is 0 Å². The minimum Gasteiger partial charge on any atom is -0.479 e. The van der Waals surface area contributed by atoms with Crippen LogP contribution in [-0.4, -0.2) is 17.1 Å². The molecule has 0 spiro atoms. The maximum absolute atomic E-state index is 5.08. The molecule has 0 bridgehead atoms. The van der Waals surface area contributed by atoms with Gasteiger partial charge in [-0.2, -0.15) is 0 Å². The Hall–Kier alpha value is -1.03. The Kier molecular flexibility index (Phi) is 1.77. The number of nitrogens with one attached hydrogen (secondary N) is 1. The number of hydrogen-bond acceptors (Lipinski definition) is 2. The molecule has 2 aromatic heterocycles. The van der Waals surface area contributed by atoms with Crippen molar-refractivity contribution in [2.45, 2.75) is 0 Å². The highest BCUT2D eigenvalue weighted by Crippen LogP contribution is 2.27. The van der Waals surface area contributed by atoms with Crippen LogP contribution >= 0.6 is 15.9 Å². The summed E-state index contributed by atoms with van der Waals surface area (Å²) < 4.78 is 6.10. The van der Waals surface area contributed by atoms with E-state index in [-0.39, 0.29) is 0 Å². The Morgan fingerprint density at radius 1 is 1.58 bits per heavy atom. The molecule has 0 radical (unpaired) electrons. The largest absolute Gasteiger partial charge is 0.479 e. The number of halogens is 1. The molecule has 4 heteroatoms. The average molecular weight is 227 g/mol. The zero-order valence-electron chi connectivity index (χ0n) is 6.47. The summed E-state index contributed by atoms with van der Waals surface area (Å²) in [6.07, 6.45) is 3.59. The van der Waals surface area contributed by atoms with Crippen molar-refractivity contribution < 1.29 is 4.74 Å². The summed E-state index contributed by atoms with van der Waals surface area (Å²) in [6, 6.07) is 1.93. The minimum atomic E-state index is 0.623. The molecule has 0 aliphatic heterocycles. The molecule has 62 valence electrons. The first-order chi connectivity index (χ1) is 5.83. The third kappa shape index (κ3) is 0.992. The number of pyridine rings is 1. The standard InChI is InChI=1S/C8H7BrN2O/c1-12-8-7-5(2-3-10-8)6(9)4-11-7/h2-4,11H,1H3. The van der Waals surface area contributed by atoms with Gasteiger partial charge >= 0.3 is 0 Å². The number of ether oxygens (including phenoxy) is 1. The van der Waals surface area contributed by atoms with E-state index in [1.807, 2.05) is 12.3 Å². The molecule has 0 amide bonds. The van der Waals surface area contributed by atoms with Crippen molar-refractivity contribution in [3.8, 4) is 5.88 Å². The first kappa shape index (κ1) is 7.61. The van der Waals surface area contributed by atoms with E-state index in [4.69, 9.17) is 4.74 Å². The summed E-state index contributed by atoms with van der Waals surface area (Å²) in [5.74, 6) is 0.623. The Balaban J connectivity index is 2.81. The lowest BCUT2D eigenvalue weighted by Gasteiger charge is -1.98. The van der Waals surface area contributed by atoms with Gasteiger partial charge in [0, 0.05) is 22.3 Å². The maximum atomic E-state index is 5.08. The highest BCUT2D eigenvalue weighted by molar-refractivity contribution is 9.10. The van der Waals surface area contributed by atoms with Gasteiger partial charge in [-0.25, -0.2) is 4.98 Å². The number of H-pyrrole nitrogens is 1. The second-order valence-corrected chi connectivity index (χ2v) is 3.23. The van der Waals surface area contributed by atoms with E-state index in [1.165, 1.54) is 0 Å².